The fraction of sp³-hybridized carbons (Fsp3) is 0.350. The van der Waals surface area contributed by atoms with Crippen LogP contribution in [0.3, 0.4) is 0 Å². The molecule has 2 aromatic carbocycles. The van der Waals surface area contributed by atoms with E-state index >= 15 is 0 Å². The maximum atomic E-state index is 9.72. The molecule has 0 amide bonds. The van der Waals surface area contributed by atoms with Gasteiger partial charge in [-0.1, -0.05) is 60.7 Å². The average molecular weight is 327 g/mol. The predicted octanol–water partition coefficient (Wildman–Crippen LogP) is 4.60. The van der Waals surface area contributed by atoms with Crippen molar-refractivity contribution in [1.29, 1.82) is 5.26 Å². The van der Waals surface area contributed by atoms with Gasteiger partial charge in [0.15, 0.2) is 0 Å². The molecule has 0 radical (unpaired) electrons. The molecule has 120 valence electrons. The summed E-state index contributed by atoms with van der Waals surface area (Å²) in [7, 11) is 0. The summed E-state index contributed by atoms with van der Waals surface area (Å²) in [6.45, 7) is 0.913. The second-order valence-corrected chi connectivity index (χ2v) is 6.20. The molecule has 2 nitrogen and oxygen atoms in total. The quantitative estimate of drug-likeness (QED) is 0.891. The molecule has 23 heavy (non-hydrogen) atoms. The van der Waals surface area contributed by atoms with Gasteiger partial charge in [-0.15, -0.1) is 12.4 Å². The lowest BCUT2D eigenvalue weighted by Gasteiger charge is -2.35. The average Bonchev–Trinajstić information content (AvgIpc) is 2.62. The minimum absolute atomic E-state index is 0. The molecule has 0 aromatic heterocycles. The molecule has 0 spiro atoms. The third kappa shape index (κ3) is 4.13. The Bertz CT molecular complexity index is 626. The molecular weight excluding hydrogens is 304 g/mol. The molecule has 0 unspecified atom stereocenters. The number of hydrogen-bond acceptors (Lipinski definition) is 2. The number of benzene rings is 2. The topological polar surface area (TPSA) is 35.8 Å². The SMILES string of the molecule is Cl.N#CC1(c2ccccc2)CCC(NCc2ccccc2)CC1. The minimum atomic E-state index is -0.286. The smallest absolute Gasteiger partial charge is 0.0823 e. The van der Waals surface area contributed by atoms with Crippen LogP contribution in [0.5, 0.6) is 0 Å². The monoisotopic (exact) mass is 326 g/mol. The van der Waals surface area contributed by atoms with Crippen molar-refractivity contribution in [3.8, 4) is 6.07 Å². The number of nitriles is 1. The molecule has 3 heteroatoms. The van der Waals surface area contributed by atoms with Crippen molar-refractivity contribution in [3.05, 3.63) is 71.8 Å². The van der Waals surface area contributed by atoms with Gasteiger partial charge in [0, 0.05) is 12.6 Å². The zero-order chi connectivity index (χ0) is 15.3. The number of nitrogens with one attached hydrogen (secondary N) is 1. The van der Waals surface area contributed by atoms with E-state index in [1.165, 1.54) is 11.1 Å². The summed E-state index contributed by atoms with van der Waals surface area (Å²) >= 11 is 0. The first-order valence-electron chi connectivity index (χ1n) is 8.06. The van der Waals surface area contributed by atoms with E-state index in [9.17, 15) is 5.26 Å². The minimum Gasteiger partial charge on any atom is -0.310 e. The van der Waals surface area contributed by atoms with Crippen LogP contribution in [0.1, 0.15) is 36.8 Å². The van der Waals surface area contributed by atoms with Crippen molar-refractivity contribution >= 4 is 12.4 Å². The fourth-order valence-corrected chi connectivity index (χ4v) is 3.39. The first-order valence-corrected chi connectivity index (χ1v) is 8.06. The molecular formula is C20H23ClN2. The molecule has 0 saturated heterocycles. The van der Waals surface area contributed by atoms with Crippen molar-refractivity contribution in [1.82, 2.24) is 5.32 Å². The second-order valence-electron chi connectivity index (χ2n) is 6.20. The van der Waals surface area contributed by atoms with E-state index in [-0.39, 0.29) is 17.8 Å². The van der Waals surface area contributed by atoms with Gasteiger partial charge in [-0.05, 0) is 36.8 Å². The van der Waals surface area contributed by atoms with Crippen LogP contribution in [0, 0.1) is 11.3 Å². The summed E-state index contributed by atoms with van der Waals surface area (Å²) in [6, 6.07) is 23.9. The number of hydrogen-bond donors (Lipinski definition) is 1. The maximum Gasteiger partial charge on any atom is 0.0823 e. The van der Waals surface area contributed by atoms with Gasteiger partial charge in [0.1, 0.15) is 0 Å². The molecule has 0 bridgehead atoms. The van der Waals surface area contributed by atoms with Crippen LogP contribution in [-0.2, 0) is 12.0 Å². The van der Waals surface area contributed by atoms with Crippen molar-refractivity contribution in [3.63, 3.8) is 0 Å². The van der Waals surface area contributed by atoms with E-state index in [2.05, 4.69) is 47.8 Å². The van der Waals surface area contributed by atoms with Crippen LogP contribution >= 0.6 is 12.4 Å². The van der Waals surface area contributed by atoms with Gasteiger partial charge >= 0.3 is 0 Å². The van der Waals surface area contributed by atoms with Crippen LogP contribution in [0.15, 0.2) is 60.7 Å². The molecule has 0 heterocycles. The third-order valence-electron chi connectivity index (χ3n) is 4.82. The molecule has 1 N–H and O–H groups in total. The van der Waals surface area contributed by atoms with Gasteiger partial charge in [0.2, 0.25) is 0 Å². The molecule has 3 rings (SSSR count). The molecule has 1 aliphatic carbocycles. The summed E-state index contributed by atoms with van der Waals surface area (Å²) in [5, 5.41) is 13.4. The van der Waals surface area contributed by atoms with E-state index in [0.29, 0.717) is 6.04 Å². The molecule has 1 fully saturated rings. The highest BCUT2D eigenvalue weighted by Crippen LogP contribution is 2.38. The lowest BCUT2D eigenvalue weighted by Crippen LogP contribution is -2.38. The standard InChI is InChI=1S/C20H22N2.ClH/c21-16-20(18-9-5-2-6-10-18)13-11-19(12-14-20)22-15-17-7-3-1-4-8-17;/h1-10,19,22H,11-15H2;1H. The van der Waals surface area contributed by atoms with Crippen LogP contribution in [0.25, 0.3) is 0 Å². The van der Waals surface area contributed by atoms with E-state index in [1.54, 1.807) is 0 Å². The Labute approximate surface area is 144 Å². The van der Waals surface area contributed by atoms with Gasteiger partial charge in [0.25, 0.3) is 0 Å². The number of halogens is 1. The lowest BCUT2D eigenvalue weighted by atomic mass is 9.69. The molecule has 1 saturated carbocycles. The molecule has 0 atom stereocenters. The largest absolute Gasteiger partial charge is 0.310 e. The summed E-state index contributed by atoms with van der Waals surface area (Å²) in [5.74, 6) is 0. The van der Waals surface area contributed by atoms with Crippen molar-refractivity contribution in [2.75, 3.05) is 0 Å². The highest BCUT2D eigenvalue weighted by molar-refractivity contribution is 5.85. The lowest BCUT2D eigenvalue weighted by molar-refractivity contribution is 0.294. The van der Waals surface area contributed by atoms with Crippen molar-refractivity contribution < 1.29 is 0 Å². The second kappa shape index (κ2) is 8.15. The Morgan fingerprint density at radius 3 is 2.09 bits per heavy atom. The highest BCUT2D eigenvalue weighted by atomic mass is 35.5. The Morgan fingerprint density at radius 2 is 1.52 bits per heavy atom. The van der Waals surface area contributed by atoms with Crippen LogP contribution in [0.4, 0.5) is 0 Å². The van der Waals surface area contributed by atoms with Gasteiger partial charge in [-0.2, -0.15) is 5.26 Å². The first-order chi connectivity index (χ1) is 10.8. The predicted molar refractivity (Wildman–Crippen MR) is 96.5 cm³/mol. The Kier molecular flexibility index (Phi) is 6.21. The number of rotatable bonds is 4. The maximum absolute atomic E-state index is 9.72. The Balaban J connectivity index is 0.00000192. The zero-order valence-electron chi connectivity index (χ0n) is 13.2. The van der Waals surface area contributed by atoms with E-state index in [4.69, 9.17) is 0 Å². The fourth-order valence-electron chi connectivity index (χ4n) is 3.39. The molecule has 0 aliphatic heterocycles. The normalized spacial score (nSPS) is 23.5. The van der Waals surface area contributed by atoms with Crippen LogP contribution < -0.4 is 5.32 Å². The summed E-state index contributed by atoms with van der Waals surface area (Å²) in [4.78, 5) is 0. The van der Waals surface area contributed by atoms with Crippen LogP contribution in [-0.4, -0.2) is 6.04 Å². The van der Waals surface area contributed by atoms with Gasteiger partial charge < -0.3 is 5.32 Å². The van der Waals surface area contributed by atoms with Gasteiger partial charge in [0.05, 0.1) is 11.5 Å². The van der Waals surface area contributed by atoms with Crippen molar-refractivity contribution in [2.24, 2.45) is 0 Å². The Hall–Kier alpha value is -1.82. The summed E-state index contributed by atoms with van der Waals surface area (Å²) in [6.07, 6.45) is 4.02. The van der Waals surface area contributed by atoms with E-state index < -0.39 is 0 Å². The number of nitrogens with zero attached hydrogens (tertiary/aromatic N) is 1. The van der Waals surface area contributed by atoms with Crippen LogP contribution in [0.2, 0.25) is 0 Å². The highest BCUT2D eigenvalue weighted by Gasteiger charge is 2.36. The summed E-state index contributed by atoms with van der Waals surface area (Å²) < 4.78 is 0. The molecule has 1 aliphatic rings. The van der Waals surface area contributed by atoms with E-state index in [0.717, 1.165) is 32.2 Å². The van der Waals surface area contributed by atoms with Gasteiger partial charge in [-0.3, -0.25) is 0 Å². The zero-order valence-corrected chi connectivity index (χ0v) is 14.1. The molecule has 2 aromatic rings. The van der Waals surface area contributed by atoms with Crippen molar-refractivity contribution in [2.45, 2.75) is 43.7 Å². The third-order valence-corrected chi connectivity index (χ3v) is 4.82. The van der Waals surface area contributed by atoms with E-state index in [1.807, 2.05) is 24.3 Å². The van der Waals surface area contributed by atoms with Gasteiger partial charge in [-0.25, -0.2) is 0 Å². The summed E-state index contributed by atoms with van der Waals surface area (Å²) in [5.41, 5.74) is 2.22. The Morgan fingerprint density at radius 1 is 0.957 bits per heavy atom. The first kappa shape index (κ1) is 17.5.